The van der Waals surface area contributed by atoms with Crippen LogP contribution in [0.1, 0.15) is 23.2 Å². The Bertz CT molecular complexity index is 1170. The van der Waals surface area contributed by atoms with E-state index in [1.165, 1.54) is 29.1 Å². The number of nitrogens with one attached hydrogen (secondary N) is 1. The lowest BCUT2D eigenvalue weighted by Gasteiger charge is -2.18. The van der Waals surface area contributed by atoms with E-state index in [4.69, 9.17) is 21.1 Å². The van der Waals surface area contributed by atoms with Crippen molar-refractivity contribution < 1.29 is 27.4 Å². The molecule has 1 aliphatic rings. The van der Waals surface area contributed by atoms with Crippen LogP contribution in [-0.4, -0.2) is 40.6 Å². The molecule has 1 aromatic carbocycles. The molecule has 0 aliphatic heterocycles. The molecule has 4 rings (SSSR count). The van der Waals surface area contributed by atoms with Crippen molar-refractivity contribution in [2.75, 3.05) is 13.7 Å². The molecule has 1 aliphatic carbocycles. The van der Waals surface area contributed by atoms with Crippen molar-refractivity contribution >= 4 is 29.5 Å². The smallest absolute Gasteiger partial charge is 0.397 e. The van der Waals surface area contributed by atoms with Gasteiger partial charge in [-0.05, 0) is 55.1 Å². The lowest BCUT2D eigenvalue weighted by molar-refractivity contribution is -0.194. The molecule has 7 nitrogen and oxygen atoms in total. The van der Waals surface area contributed by atoms with Gasteiger partial charge in [0.05, 0.1) is 12.7 Å². The van der Waals surface area contributed by atoms with E-state index in [0.717, 1.165) is 16.8 Å². The molecular weight excluding hydrogens is 481 g/mol. The number of rotatable bonds is 8. The van der Waals surface area contributed by atoms with Gasteiger partial charge in [0.1, 0.15) is 22.9 Å². The fraction of sp³-hybridized carbons (Fsp3) is 0.286. The Kier molecular flexibility index (Phi) is 6.44. The van der Waals surface area contributed by atoms with Gasteiger partial charge in [-0.1, -0.05) is 17.7 Å². The summed E-state index contributed by atoms with van der Waals surface area (Å²) in [5.41, 5.74) is -1.63. The van der Waals surface area contributed by atoms with E-state index in [0.29, 0.717) is 5.75 Å². The van der Waals surface area contributed by atoms with Crippen LogP contribution in [0.25, 0.3) is 5.82 Å². The zero-order valence-corrected chi connectivity index (χ0v) is 18.8. The Morgan fingerprint density at radius 2 is 2.06 bits per heavy atom. The number of pyridine rings is 1. The van der Waals surface area contributed by atoms with Crippen molar-refractivity contribution in [1.29, 1.82) is 0 Å². The first-order valence-electron chi connectivity index (χ1n) is 9.74. The molecular formula is C21H18ClF3N4O3S. The second kappa shape index (κ2) is 9.14. The van der Waals surface area contributed by atoms with E-state index in [9.17, 15) is 18.0 Å². The highest BCUT2D eigenvalue weighted by Crippen LogP contribution is 2.57. The minimum Gasteiger partial charge on any atom is -0.497 e. The number of methoxy groups -OCH3 is 1. The molecule has 1 saturated carbocycles. The summed E-state index contributed by atoms with van der Waals surface area (Å²) < 4.78 is 53.5. The third kappa shape index (κ3) is 5.19. The van der Waals surface area contributed by atoms with Crippen LogP contribution < -0.4 is 14.2 Å². The van der Waals surface area contributed by atoms with Crippen LogP contribution in [0.5, 0.6) is 11.6 Å². The first kappa shape index (κ1) is 23.2. The monoisotopic (exact) mass is 498 g/mol. The molecule has 1 fully saturated rings. The van der Waals surface area contributed by atoms with Gasteiger partial charge in [0.2, 0.25) is 5.88 Å². The molecule has 0 atom stereocenters. The summed E-state index contributed by atoms with van der Waals surface area (Å²) in [5.74, 6) is 0.536. The molecule has 0 unspecified atom stereocenters. The van der Waals surface area contributed by atoms with Crippen molar-refractivity contribution in [1.82, 2.24) is 19.5 Å². The Balaban J connectivity index is 1.39. The first-order valence-corrected chi connectivity index (χ1v) is 10.9. The van der Waals surface area contributed by atoms with Crippen LogP contribution in [0.15, 0.2) is 53.6 Å². The highest BCUT2D eigenvalue weighted by Gasteiger charge is 2.64. The van der Waals surface area contributed by atoms with Gasteiger partial charge < -0.3 is 9.47 Å². The molecule has 12 heteroatoms. The molecule has 1 amide bonds. The number of hydrogen-bond donors (Lipinski definition) is 1. The van der Waals surface area contributed by atoms with Crippen molar-refractivity contribution in [3.05, 3.63) is 59.4 Å². The number of benzene rings is 1. The molecule has 0 radical (unpaired) electrons. The van der Waals surface area contributed by atoms with Gasteiger partial charge in [0.25, 0.3) is 5.91 Å². The summed E-state index contributed by atoms with van der Waals surface area (Å²) in [5, 5.41) is 4.04. The number of halogens is 4. The summed E-state index contributed by atoms with van der Waals surface area (Å²) in [6, 6.07) is 11.6. The van der Waals surface area contributed by atoms with Gasteiger partial charge in [-0.2, -0.15) is 13.2 Å². The van der Waals surface area contributed by atoms with Crippen LogP contribution in [0.4, 0.5) is 13.2 Å². The number of nitrogens with zero attached hydrogens (tertiary/aromatic N) is 3. The van der Waals surface area contributed by atoms with Crippen molar-refractivity contribution in [2.24, 2.45) is 5.41 Å². The first-order chi connectivity index (χ1) is 15.7. The van der Waals surface area contributed by atoms with Crippen molar-refractivity contribution in [3.8, 4) is 17.4 Å². The fourth-order valence-corrected chi connectivity index (χ4v) is 3.81. The van der Waals surface area contributed by atoms with Crippen molar-refractivity contribution in [3.63, 3.8) is 0 Å². The lowest BCUT2D eigenvalue weighted by Crippen LogP contribution is -2.30. The maximum atomic E-state index is 13.0. The van der Waals surface area contributed by atoms with Gasteiger partial charge in [-0.25, -0.2) is 9.67 Å². The van der Waals surface area contributed by atoms with E-state index in [1.807, 2.05) is 6.07 Å². The van der Waals surface area contributed by atoms with Gasteiger partial charge in [-0.3, -0.25) is 9.52 Å². The predicted octanol–water partition coefficient (Wildman–Crippen LogP) is 5.09. The highest BCUT2D eigenvalue weighted by atomic mass is 35.5. The average molecular weight is 499 g/mol. The predicted molar refractivity (Wildman–Crippen MR) is 116 cm³/mol. The molecule has 2 aromatic heterocycles. The van der Waals surface area contributed by atoms with Gasteiger partial charge in [-0.15, -0.1) is 5.10 Å². The Morgan fingerprint density at radius 1 is 1.27 bits per heavy atom. The number of alkyl halides is 3. The quantitative estimate of drug-likeness (QED) is 0.344. The average Bonchev–Trinajstić information content (AvgIpc) is 3.46. The molecule has 0 spiro atoms. The molecule has 1 N–H and O–H groups in total. The number of carbonyl (C=O) groups is 1. The third-order valence-electron chi connectivity index (χ3n) is 5.13. The molecule has 33 heavy (non-hydrogen) atoms. The zero-order valence-electron chi connectivity index (χ0n) is 17.2. The topological polar surface area (TPSA) is 78.3 Å². The van der Waals surface area contributed by atoms with Crippen molar-refractivity contribution in [2.45, 2.75) is 23.9 Å². The van der Waals surface area contributed by atoms with E-state index in [-0.39, 0.29) is 35.3 Å². The van der Waals surface area contributed by atoms with Crippen LogP contribution in [0, 0.1) is 5.41 Å². The van der Waals surface area contributed by atoms with E-state index < -0.39 is 24.1 Å². The minimum absolute atomic E-state index is 0.0416. The van der Waals surface area contributed by atoms with E-state index >= 15 is 0 Å². The summed E-state index contributed by atoms with van der Waals surface area (Å²) in [6.07, 6.45) is -2.71. The van der Waals surface area contributed by atoms with Gasteiger partial charge >= 0.3 is 6.18 Å². The number of ether oxygens (including phenoxy) is 2. The number of hydrogen-bond acceptors (Lipinski definition) is 6. The minimum atomic E-state index is -4.30. The molecule has 174 valence electrons. The summed E-state index contributed by atoms with van der Waals surface area (Å²) >= 11 is 7.29. The lowest BCUT2D eigenvalue weighted by atomic mass is 10.1. The van der Waals surface area contributed by atoms with Crippen LogP contribution in [0.2, 0.25) is 5.15 Å². The highest BCUT2D eigenvalue weighted by molar-refractivity contribution is 7.98. The standard InChI is InChI=1S/C21H18ClF3N4O3S/c1-31-13-3-2-4-14(11-13)33-28-19(30)15-5-6-16(26-18(15)22)29-10-7-17(27-29)32-12-20(8-9-20)21(23,24)25/h2-7,10-11H,8-9,12H2,1H3,(H,28,30). The molecule has 3 aromatic rings. The SMILES string of the molecule is COc1cccc(SNC(=O)c2ccc(-n3ccc(OCC4(C(F)(F)F)CC4)n3)nc2Cl)c1. The summed E-state index contributed by atoms with van der Waals surface area (Å²) in [6.45, 7) is -0.480. The Hall–Kier alpha value is -2.92. The number of carbonyl (C=O) groups excluding carboxylic acids is 1. The number of aromatic nitrogens is 3. The Labute approximate surface area is 196 Å². The largest absolute Gasteiger partial charge is 0.497 e. The van der Waals surface area contributed by atoms with Crippen LogP contribution in [0.3, 0.4) is 0 Å². The van der Waals surface area contributed by atoms with Gasteiger partial charge in [0.15, 0.2) is 5.82 Å². The second-order valence-corrected chi connectivity index (χ2v) is 8.62. The third-order valence-corrected chi connectivity index (χ3v) is 6.20. The maximum absolute atomic E-state index is 13.0. The van der Waals surface area contributed by atoms with E-state index in [1.54, 1.807) is 25.3 Å². The van der Waals surface area contributed by atoms with Crippen LogP contribution >= 0.6 is 23.5 Å². The summed E-state index contributed by atoms with van der Waals surface area (Å²) in [4.78, 5) is 17.4. The molecule has 2 heterocycles. The fourth-order valence-electron chi connectivity index (χ4n) is 2.93. The normalized spacial score (nSPS) is 14.6. The van der Waals surface area contributed by atoms with Gasteiger partial charge in [0, 0.05) is 17.2 Å². The van der Waals surface area contributed by atoms with E-state index in [2.05, 4.69) is 14.8 Å². The zero-order chi connectivity index (χ0) is 23.6. The Morgan fingerprint density at radius 3 is 2.73 bits per heavy atom. The molecule has 0 bridgehead atoms. The molecule has 0 saturated heterocycles. The van der Waals surface area contributed by atoms with Crippen LogP contribution in [-0.2, 0) is 0 Å². The second-order valence-electron chi connectivity index (χ2n) is 7.39. The maximum Gasteiger partial charge on any atom is 0.397 e. The summed E-state index contributed by atoms with van der Waals surface area (Å²) in [7, 11) is 1.55. The number of amides is 1.